The highest BCUT2D eigenvalue weighted by Gasteiger charge is 2.35. The van der Waals surface area contributed by atoms with E-state index >= 15 is 0 Å². The first kappa shape index (κ1) is 21.3. The van der Waals surface area contributed by atoms with Gasteiger partial charge in [0.15, 0.2) is 0 Å². The van der Waals surface area contributed by atoms with Crippen molar-refractivity contribution in [3.63, 3.8) is 0 Å². The van der Waals surface area contributed by atoms with Crippen LogP contribution < -0.4 is 10.6 Å². The number of hydrogen-bond donors (Lipinski definition) is 2. The molecule has 0 unspecified atom stereocenters. The Bertz CT molecular complexity index is 1230. The van der Waals surface area contributed by atoms with Gasteiger partial charge in [0, 0.05) is 28.3 Å². The molecule has 1 saturated heterocycles. The normalized spacial score (nSPS) is 14.7. The quantitative estimate of drug-likeness (QED) is 0.458. The summed E-state index contributed by atoms with van der Waals surface area (Å²) in [7, 11) is 0. The molecule has 1 fully saturated rings. The van der Waals surface area contributed by atoms with Gasteiger partial charge in [0.05, 0.1) is 0 Å². The zero-order valence-corrected chi connectivity index (χ0v) is 18.2. The molecule has 32 heavy (non-hydrogen) atoms. The van der Waals surface area contributed by atoms with E-state index in [1.54, 1.807) is 36.5 Å². The first-order valence-corrected chi connectivity index (χ1v) is 10.2. The average molecular weight is 450 g/mol. The Labute approximate surface area is 189 Å². The first-order chi connectivity index (χ1) is 15.3. The highest BCUT2D eigenvalue weighted by Crippen LogP contribution is 2.23. The van der Waals surface area contributed by atoms with E-state index in [-0.39, 0.29) is 5.70 Å². The van der Waals surface area contributed by atoms with Crippen molar-refractivity contribution in [2.45, 2.75) is 13.8 Å². The lowest BCUT2D eigenvalue weighted by Gasteiger charge is -2.12. The van der Waals surface area contributed by atoms with E-state index in [9.17, 15) is 14.4 Å². The van der Waals surface area contributed by atoms with Gasteiger partial charge in [0.1, 0.15) is 18.1 Å². The van der Waals surface area contributed by atoms with Crippen molar-refractivity contribution in [2.75, 3.05) is 11.9 Å². The van der Waals surface area contributed by atoms with Crippen molar-refractivity contribution in [1.29, 1.82) is 0 Å². The lowest BCUT2D eigenvalue weighted by Crippen LogP contribution is -2.38. The van der Waals surface area contributed by atoms with Crippen molar-refractivity contribution in [2.24, 2.45) is 0 Å². The smallest absolute Gasteiger partial charge is 0.325 e. The Morgan fingerprint density at radius 1 is 1.16 bits per heavy atom. The van der Waals surface area contributed by atoms with Crippen LogP contribution in [0.5, 0.6) is 0 Å². The van der Waals surface area contributed by atoms with Crippen LogP contribution in [0, 0.1) is 13.8 Å². The fourth-order valence-electron chi connectivity index (χ4n) is 3.52. The number of anilines is 1. The third-order valence-electron chi connectivity index (χ3n) is 5.04. The summed E-state index contributed by atoms with van der Waals surface area (Å²) in [6.45, 7) is 3.44. The number of pyridine rings is 1. The average Bonchev–Trinajstić information content (AvgIpc) is 3.19. The number of nitrogens with one attached hydrogen (secondary N) is 2. The third-order valence-corrected chi connectivity index (χ3v) is 5.29. The van der Waals surface area contributed by atoms with Crippen LogP contribution in [0.4, 0.5) is 10.5 Å². The Morgan fingerprint density at radius 3 is 2.59 bits per heavy atom. The molecule has 8 nitrogen and oxygen atoms in total. The molecule has 1 aliphatic rings. The third kappa shape index (κ3) is 4.26. The van der Waals surface area contributed by atoms with Crippen molar-refractivity contribution < 1.29 is 14.4 Å². The summed E-state index contributed by atoms with van der Waals surface area (Å²) in [5, 5.41) is 5.73. The molecular formula is C23H20ClN5O3. The van der Waals surface area contributed by atoms with E-state index in [0.29, 0.717) is 10.7 Å². The molecule has 0 saturated carbocycles. The molecular weight excluding hydrogens is 430 g/mol. The number of aromatic nitrogens is 2. The Morgan fingerprint density at radius 2 is 1.91 bits per heavy atom. The number of carbonyl (C=O) groups is 3. The molecule has 9 heteroatoms. The Hall–Kier alpha value is -3.91. The summed E-state index contributed by atoms with van der Waals surface area (Å²) in [5.41, 5.74) is 3.20. The van der Waals surface area contributed by atoms with Gasteiger partial charge >= 0.3 is 6.03 Å². The number of rotatable bonds is 5. The summed E-state index contributed by atoms with van der Waals surface area (Å²) in [6, 6.07) is 13.4. The molecule has 4 rings (SSSR count). The number of hydrogen-bond acceptors (Lipinski definition) is 4. The second-order valence-corrected chi connectivity index (χ2v) is 7.72. The lowest BCUT2D eigenvalue weighted by molar-refractivity contribution is -0.127. The van der Waals surface area contributed by atoms with Crippen LogP contribution in [-0.4, -0.2) is 38.8 Å². The second-order valence-electron chi connectivity index (χ2n) is 7.28. The fraction of sp³-hybridized carbons (Fsp3) is 0.130. The minimum absolute atomic E-state index is 0.107. The first-order valence-electron chi connectivity index (χ1n) is 9.84. The molecule has 0 radical (unpaired) electrons. The summed E-state index contributed by atoms with van der Waals surface area (Å²) in [6.07, 6.45) is 3.32. The molecule has 1 aromatic carbocycles. The van der Waals surface area contributed by atoms with E-state index in [0.717, 1.165) is 27.7 Å². The van der Waals surface area contributed by atoms with Crippen molar-refractivity contribution >= 4 is 41.2 Å². The summed E-state index contributed by atoms with van der Waals surface area (Å²) in [4.78, 5) is 42.7. The van der Waals surface area contributed by atoms with E-state index in [1.807, 2.05) is 42.7 Å². The van der Waals surface area contributed by atoms with Crippen LogP contribution in [-0.2, 0) is 9.59 Å². The zero-order valence-electron chi connectivity index (χ0n) is 17.4. The number of imide groups is 1. The largest absolute Gasteiger partial charge is 0.329 e. The monoisotopic (exact) mass is 449 g/mol. The summed E-state index contributed by atoms with van der Waals surface area (Å²) in [5.74, 6) is -0.302. The topological polar surface area (TPSA) is 96.3 Å². The zero-order chi connectivity index (χ0) is 22.8. The highest BCUT2D eigenvalue weighted by molar-refractivity contribution is 6.30. The number of amides is 4. The SMILES string of the molecule is Cc1cc(/C=C2\NC(=O)N(CC(=O)Nc3ccc(Cl)cc3)C2=O)c(C)n1-c1ccccn1. The number of benzene rings is 1. The van der Waals surface area contributed by atoms with E-state index in [1.165, 1.54) is 0 Å². The van der Waals surface area contributed by atoms with Crippen LogP contribution in [0.2, 0.25) is 5.02 Å². The molecule has 0 atom stereocenters. The number of carbonyl (C=O) groups excluding carboxylic acids is 3. The van der Waals surface area contributed by atoms with Gasteiger partial charge in [-0.2, -0.15) is 0 Å². The minimum atomic E-state index is -0.647. The van der Waals surface area contributed by atoms with Gasteiger partial charge < -0.3 is 15.2 Å². The van der Waals surface area contributed by atoms with Gasteiger partial charge in [-0.15, -0.1) is 0 Å². The van der Waals surface area contributed by atoms with Crippen molar-refractivity contribution in [1.82, 2.24) is 19.8 Å². The molecule has 3 aromatic rings. The van der Waals surface area contributed by atoms with Gasteiger partial charge in [-0.1, -0.05) is 17.7 Å². The summed E-state index contributed by atoms with van der Waals surface area (Å²) >= 11 is 5.83. The Kier molecular flexibility index (Phi) is 5.79. The fourth-order valence-corrected chi connectivity index (χ4v) is 3.65. The van der Waals surface area contributed by atoms with Gasteiger partial charge in [0.2, 0.25) is 5.91 Å². The van der Waals surface area contributed by atoms with Gasteiger partial charge in [-0.3, -0.25) is 9.59 Å². The number of urea groups is 1. The number of halogens is 1. The van der Waals surface area contributed by atoms with E-state index < -0.39 is 24.4 Å². The number of nitrogens with zero attached hydrogens (tertiary/aromatic N) is 3. The summed E-state index contributed by atoms with van der Waals surface area (Å²) < 4.78 is 1.96. The predicted octanol–water partition coefficient (Wildman–Crippen LogP) is 3.67. The minimum Gasteiger partial charge on any atom is -0.325 e. The molecule has 0 spiro atoms. The standard InChI is InChI=1S/C23H20ClN5O3/c1-14-11-16(15(2)29(14)20-5-3-4-10-25-20)12-19-22(31)28(23(32)27-19)13-21(30)26-18-8-6-17(24)7-9-18/h3-12H,13H2,1-2H3,(H,26,30)(H,27,32)/b19-12-. The maximum absolute atomic E-state index is 12.8. The predicted molar refractivity (Wildman–Crippen MR) is 121 cm³/mol. The van der Waals surface area contributed by atoms with Gasteiger partial charge in [-0.25, -0.2) is 14.7 Å². The maximum Gasteiger partial charge on any atom is 0.329 e. The van der Waals surface area contributed by atoms with E-state index in [4.69, 9.17) is 11.6 Å². The Balaban J connectivity index is 1.51. The van der Waals surface area contributed by atoms with Gasteiger partial charge in [-0.05, 0) is 68.0 Å². The van der Waals surface area contributed by atoms with Crippen LogP contribution in [0.25, 0.3) is 11.9 Å². The molecule has 0 bridgehead atoms. The van der Waals surface area contributed by atoms with Crippen LogP contribution in [0.1, 0.15) is 17.0 Å². The van der Waals surface area contributed by atoms with Crippen molar-refractivity contribution in [3.8, 4) is 5.82 Å². The van der Waals surface area contributed by atoms with Crippen molar-refractivity contribution in [3.05, 3.63) is 82.4 Å². The highest BCUT2D eigenvalue weighted by atomic mass is 35.5. The van der Waals surface area contributed by atoms with Gasteiger partial charge in [0.25, 0.3) is 5.91 Å². The molecule has 0 aliphatic carbocycles. The molecule has 3 heterocycles. The molecule has 2 N–H and O–H groups in total. The molecule has 1 aliphatic heterocycles. The van der Waals surface area contributed by atoms with E-state index in [2.05, 4.69) is 15.6 Å². The van der Waals surface area contributed by atoms with Crippen LogP contribution >= 0.6 is 11.6 Å². The number of aryl methyl sites for hydroxylation is 1. The van der Waals surface area contributed by atoms with Crippen LogP contribution in [0.3, 0.4) is 0 Å². The molecule has 4 amide bonds. The molecule has 2 aromatic heterocycles. The van der Waals surface area contributed by atoms with Crippen LogP contribution in [0.15, 0.2) is 60.4 Å². The molecule has 162 valence electrons. The second kappa shape index (κ2) is 8.68. The maximum atomic E-state index is 12.8. The lowest BCUT2D eigenvalue weighted by atomic mass is 10.2.